The third kappa shape index (κ3) is 2.10. The molecule has 0 atom stereocenters. The van der Waals surface area contributed by atoms with Gasteiger partial charge in [0.1, 0.15) is 0 Å². The van der Waals surface area contributed by atoms with Gasteiger partial charge in [-0.25, -0.2) is 9.34 Å². The Bertz CT molecular complexity index is 259. The minimum Gasteiger partial charge on any atom is -0.284 e. The first kappa shape index (κ1) is 12.0. The van der Waals surface area contributed by atoms with Crippen LogP contribution in [0, 0.1) is 0 Å². The molecule has 0 heterocycles. The molecule has 0 fully saturated rings. The first-order chi connectivity index (χ1) is 6.49. The van der Waals surface area contributed by atoms with Crippen LogP contribution in [0.5, 0.6) is 0 Å². The second-order valence-electron chi connectivity index (χ2n) is 4.18. The van der Waals surface area contributed by atoms with Crippen molar-refractivity contribution in [1.82, 2.24) is 9.34 Å². The van der Waals surface area contributed by atoms with E-state index in [1.54, 1.807) is 0 Å². The SMILES string of the molecule is CN(C)P(=O)(C1=CCCCC1)N(C)C. The minimum atomic E-state index is -2.41. The molecule has 0 saturated carbocycles. The Morgan fingerprint density at radius 1 is 1.14 bits per heavy atom. The van der Waals surface area contributed by atoms with Crippen LogP contribution in [0.3, 0.4) is 0 Å². The Morgan fingerprint density at radius 3 is 2.07 bits per heavy atom. The maximum atomic E-state index is 12.8. The highest BCUT2D eigenvalue weighted by Crippen LogP contribution is 2.59. The second kappa shape index (κ2) is 4.61. The van der Waals surface area contributed by atoms with Crippen molar-refractivity contribution in [2.24, 2.45) is 0 Å². The monoisotopic (exact) mass is 216 g/mol. The average molecular weight is 216 g/mol. The molecule has 0 N–H and O–H groups in total. The first-order valence-electron chi connectivity index (χ1n) is 5.15. The third-order valence-electron chi connectivity index (χ3n) is 2.73. The fourth-order valence-electron chi connectivity index (χ4n) is 1.96. The molecule has 0 unspecified atom stereocenters. The van der Waals surface area contributed by atoms with E-state index in [1.165, 1.54) is 12.8 Å². The molecule has 3 nitrogen and oxygen atoms in total. The van der Waals surface area contributed by atoms with Gasteiger partial charge in [-0.3, -0.25) is 4.57 Å². The summed E-state index contributed by atoms with van der Waals surface area (Å²) in [6, 6.07) is 0. The Hall–Kier alpha value is -0.110. The zero-order valence-corrected chi connectivity index (χ0v) is 10.6. The largest absolute Gasteiger partial charge is 0.284 e. The number of rotatable bonds is 3. The molecule has 0 bridgehead atoms. The summed E-state index contributed by atoms with van der Waals surface area (Å²) in [6.07, 6.45) is 6.67. The van der Waals surface area contributed by atoms with Crippen molar-refractivity contribution in [2.45, 2.75) is 25.7 Å². The van der Waals surface area contributed by atoms with Crippen molar-refractivity contribution in [1.29, 1.82) is 0 Å². The van der Waals surface area contributed by atoms with Crippen LogP contribution < -0.4 is 0 Å². The molecule has 0 aliphatic heterocycles. The normalized spacial score (nSPS) is 18.9. The maximum Gasteiger partial charge on any atom is 0.240 e. The molecule has 4 heteroatoms. The molecule has 14 heavy (non-hydrogen) atoms. The zero-order valence-electron chi connectivity index (χ0n) is 9.66. The van der Waals surface area contributed by atoms with Gasteiger partial charge in [0.15, 0.2) is 0 Å². The molecule has 0 radical (unpaired) electrons. The van der Waals surface area contributed by atoms with Gasteiger partial charge in [-0.1, -0.05) is 6.08 Å². The van der Waals surface area contributed by atoms with Gasteiger partial charge in [-0.2, -0.15) is 0 Å². The van der Waals surface area contributed by atoms with Gasteiger partial charge in [0.25, 0.3) is 0 Å². The molecule has 0 aromatic heterocycles. The van der Waals surface area contributed by atoms with Crippen LogP contribution in [0.25, 0.3) is 0 Å². The van der Waals surface area contributed by atoms with E-state index in [-0.39, 0.29) is 0 Å². The first-order valence-corrected chi connectivity index (χ1v) is 6.76. The van der Waals surface area contributed by atoms with E-state index in [0.29, 0.717) is 0 Å². The maximum absolute atomic E-state index is 12.8. The van der Waals surface area contributed by atoms with Gasteiger partial charge in [0, 0.05) is 5.31 Å². The van der Waals surface area contributed by atoms with Crippen molar-refractivity contribution in [3.63, 3.8) is 0 Å². The van der Waals surface area contributed by atoms with Gasteiger partial charge < -0.3 is 0 Å². The lowest BCUT2D eigenvalue weighted by atomic mass is 10.1. The van der Waals surface area contributed by atoms with Gasteiger partial charge in [-0.05, 0) is 53.9 Å². The fourth-order valence-corrected chi connectivity index (χ4v) is 4.52. The molecule has 0 aromatic rings. The Labute approximate surface area is 87.2 Å². The van der Waals surface area contributed by atoms with Crippen molar-refractivity contribution < 1.29 is 4.57 Å². The summed E-state index contributed by atoms with van der Waals surface area (Å²) in [7, 11) is 5.19. The molecule has 0 saturated heterocycles. The molecular formula is C10H21N2OP. The van der Waals surface area contributed by atoms with E-state index in [1.807, 2.05) is 37.5 Å². The molecular weight excluding hydrogens is 195 g/mol. The van der Waals surface area contributed by atoms with E-state index in [0.717, 1.165) is 18.2 Å². The standard InChI is InChI=1S/C10H21N2OP/c1-11(2)14(13,12(3)4)10-8-6-5-7-9-10/h8H,5-7,9H2,1-4H3. The highest BCUT2D eigenvalue weighted by Gasteiger charge is 2.32. The molecule has 0 spiro atoms. The number of hydrogen-bond acceptors (Lipinski definition) is 1. The predicted octanol–water partition coefficient (Wildman–Crippen LogP) is 2.76. The van der Waals surface area contributed by atoms with E-state index in [2.05, 4.69) is 6.08 Å². The Balaban J connectivity index is 2.98. The smallest absolute Gasteiger partial charge is 0.240 e. The summed E-state index contributed by atoms with van der Waals surface area (Å²) in [5.41, 5.74) is 0. The summed E-state index contributed by atoms with van der Waals surface area (Å²) < 4.78 is 16.5. The molecule has 0 aromatic carbocycles. The third-order valence-corrected chi connectivity index (χ3v) is 6.05. The van der Waals surface area contributed by atoms with E-state index in [9.17, 15) is 4.57 Å². The van der Waals surface area contributed by atoms with Crippen LogP contribution in [-0.4, -0.2) is 37.5 Å². The van der Waals surface area contributed by atoms with Crippen LogP contribution in [0.15, 0.2) is 11.4 Å². The zero-order chi connectivity index (χ0) is 10.8. The summed E-state index contributed by atoms with van der Waals surface area (Å²) in [5.74, 6) is 0. The lowest BCUT2D eigenvalue weighted by Gasteiger charge is -2.33. The summed E-state index contributed by atoms with van der Waals surface area (Å²) in [5, 5.41) is 1.14. The molecule has 1 aliphatic rings. The minimum absolute atomic E-state index is 0.994. The molecule has 82 valence electrons. The lowest BCUT2D eigenvalue weighted by Crippen LogP contribution is -2.22. The van der Waals surface area contributed by atoms with E-state index < -0.39 is 7.44 Å². The average Bonchev–Trinajstić information content (AvgIpc) is 2.17. The summed E-state index contributed by atoms with van der Waals surface area (Å²) in [4.78, 5) is 0. The second-order valence-corrected chi connectivity index (χ2v) is 7.44. The predicted molar refractivity (Wildman–Crippen MR) is 61.5 cm³/mol. The van der Waals surface area contributed by atoms with Gasteiger partial charge in [-0.15, -0.1) is 0 Å². The summed E-state index contributed by atoms with van der Waals surface area (Å²) >= 11 is 0. The highest BCUT2D eigenvalue weighted by atomic mass is 31.2. The quantitative estimate of drug-likeness (QED) is 0.678. The van der Waals surface area contributed by atoms with Crippen LogP contribution in [0.2, 0.25) is 0 Å². The van der Waals surface area contributed by atoms with Crippen LogP contribution >= 0.6 is 7.44 Å². The van der Waals surface area contributed by atoms with Crippen molar-refractivity contribution in [3.05, 3.63) is 11.4 Å². The molecule has 1 rings (SSSR count). The van der Waals surface area contributed by atoms with Crippen molar-refractivity contribution >= 4 is 7.44 Å². The van der Waals surface area contributed by atoms with Crippen molar-refractivity contribution in [3.8, 4) is 0 Å². The Kier molecular flexibility index (Phi) is 3.94. The van der Waals surface area contributed by atoms with Crippen LogP contribution in [-0.2, 0) is 4.57 Å². The van der Waals surface area contributed by atoms with Gasteiger partial charge >= 0.3 is 0 Å². The van der Waals surface area contributed by atoms with Crippen molar-refractivity contribution in [2.75, 3.05) is 28.2 Å². The van der Waals surface area contributed by atoms with E-state index >= 15 is 0 Å². The molecule has 0 amide bonds. The van der Waals surface area contributed by atoms with E-state index in [4.69, 9.17) is 0 Å². The van der Waals surface area contributed by atoms with Gasteiger partial charge in [0.2, 0.25) is 7.44 Å². The Morgan fingerprint density at radius 2 is 1.71 bits per heavy atom. The van der Waals surface area contributed by atoms with Gasteiger partial charge in [0.05, 0.1) is 0 Å². The van der Waals surface area contributed by atoms with Crippen LogP contribution in [0.1, 0.15) is 25.7 Å². The number of allylic oxidation sites excluding steroid dienone is 2. The topological polar surface area (TPSA) is 23.6 Å². The summed E-state index contributed by atoms with van der Waals surface area (Å²) in [6.45, 7) is 0. The number of nitrogens with zero attached hydrogens (tertiary/aromatic N) is 2. The van der Waals surface area contributed by atoms with Crippen LogP contribution in [0.4, 0.5) is 0 Å². The molecule has 1 aliphatic carbocycles. The lowest BCUT2D eigenvalue weighted by molar-refractivity contribution is 0.451. The number of hydrogen-bond donors (Lipinski definition) is 0. The highest BCUT2D eigenvalue weighted by molar-refractivity contribution is 7.63. The fraction of sp³-hybridized carbons (Fsp3) is 0.800.